The molecule has 5 nitrogen and oxygen atoms in total. The first kappa shape index (κ1) is 19.1. The zero-order chi connectivity index (χ0) is 16.2. The molecule has 1 aromatic carbocycles. The fourth-order valence-corrected chi connectivity index (χ4v) is 3.69. The molecular formula is C18H28IN3O2. The maximum Gasteiger partial charge on any atom is 0.193 e. The van der Waals surface area contributed by atoms with E-state index in [1.807, 2.05) is 18.2 Å². The smallest absolute Gasteiger partial charge is 0.193 e. The zero-order valence-corrected chi connectivity index (χ0v) is 16.8. The fraction of sp³-hybridized carbons (Fsp3) is 0.611. The van der Waals surface area contributed by atoms with Gasteiger partial charge in [-0.1, -0.05) is 32.1 Å². The van der Waals surface area contributed by atoms with Crippen molar-refractivity contribution < 1.29 is 9.47 Å². The number of nitrogens with one attached hydrogen (secondary N) is 1. The molecule has 134 valence electrons. The van der Waals surface area contributed by atoms with Crippen molar-refractivity contribution in [3.05, 3.63) is 18.2 Å². The van der Waals surface area contributed by atoms with Crippen LogP contribution in [0.25, 0.3) is 0 Å². The quantitative estimate of drug-likeness (QED) is 0.408. The molecule has 2 aliphatic rings. The number of rotatable bonds is 5. The maximum absolute atomic E-state index is 6.07. The second kappa shape index (κ2) is 8.78. The Kier molecular flexibility index (Phi) is 7.01. The van der Waals surface area contributed by atoms with Crippen molar-refractivity contribution >= 4 is 35.6 Å². The first-order valence-electron chi connectivity index (χ1n) is 8.53. The molecule has 3 N–H and O–H groups in total. The Morgan fingerprint density at radius 1 is 1.12 bits per heavy atom. The Labute approximate surface area is 161 Å². The van der Waals surface area contributed by atoms with E-state index in [0.29, 0.717) is 23.5 Å². The van der Waals surface area contributed by atoms with E-state index in [4.69, 9.17) is 15.2 Å². The average Bonchev–Trinajstić information content (AvgIpc) is 3.34. The lowest BCUT2D eigenvalue weighted by Crippen LogP contribution is -2.23. The standard InChI is InChI=1S/C18H27N3O2.HI/c1-22-16-9-8-13(10-17(16)23-2)20-18(19)21-15-11-14(15)12-6-4-3-5-7-12;/h8-10,12,14-15H,3-7,11H2,1-2H3,(H3,19,20,21);1H/t14-,15+;/m0./s1. The lowest BCUT2D eigenvalue weighted by Gasteiger charge is -2.21. The normalized spacial score (nSPS) is 24.0. The summed E-state index contributed by atoms with van der Waals surface area (Å²) in [4.78, 5) is 4.65. The topological polar surface area (TPSA) is 68.9 Å². The summed E-state index contributed by atoms with van der Waals surface area (Å²) in [6.45, 7) is 0. The van der Waals surface area contributed by atoms with E-state index >= 15 is 0 Å². The number of anilines is 1. The number of benzene rings is 1. The van der Waals surface area contributed by atoms with Gasteiger partial charge in [0.1, 0.15) is 0 Å². The van der Waals surface area contributed by atoms with Crippen molar-refractivity contribution in [1.29, 1.82) is 0 Å². The molecule has 1 aromatic rings. The van der Waals surface area contributed by atoms with E-state index in [0.717, 1.165) is 17.5 Å². The fourth-order valence-electron chi connectivity index (χ4n) is 3.69. The molecule has 2 saturated carbocycles. The van der Waals surface area contributed by atoms with Gasteiger partial charge in [-0.05, 0) is 30.4 Å². The molecule has 2 atom stereocenters. The maximum atomic E-state index is 6.07. The lowest BCUT2D eigenvalue weighted by molar-refractivity contribution is 0.318. The van der Waals surface area contributed by atoms with Gasteiger partial charge in [0.05, 0.1) is 20.3 Å². The van der Waals surface area contributed by atoms with Gasteiger partial charge in [-0.2, -0.15) is 0 Å². The largest absolute Gasteiger partial charge is 0.493 e. The molecule has 24 heavy (non-hydrogen) atoms. The second-order valence-electron chi connectivity index (χ2n) is 6.57. The average molecular weight is 445 g/mol. The van der Waals surface area contributed by atoms with Crippen molar-refractivity contribution in [1.82, 2.24) is 0 Å². The van der Waals surface area contributed by atoms with E-state index in [1.54, 1.807) is 14.2 Å². The summed E-state index contributed by atoms with van der Waals surface area (Å²) in [5, 5.41) is 3.15. The Hall–Kier alpha value is -1.18. The number of methoxy groups -OCH3 is 2. The number of halogens is 1. The highest BCUT2D eigenvalue weighted by Gasteiger charge is 2.43. The van der Waals surface area contributed by atoms with Crippen molar-refractivity contribution in [2.24, 2.45) is 22.6 Å². The predicted octanol–water partition coefficient (Wildman–Crippen LogP) is 4.02. The molecule has 2 fully saturated rings. The van der Waals surface area contributed by atoms with Gasteiger partial charge in [0.25, 0.3) is 0 Å². The van der Waals surface area contributed by atoms with Gasteiger partial charge in [0.2, 0.25) is 0 Å². The molecule has 6 heteroatoms. The molecule has 0 unspecified atom stereocenters. The summed E-state index contributed by atoms with van der Waals surface area (Å²) in [7, 11) is 3.25. The van der Waals surface area contributed by atoms with Gasteiger partial charge in [-0.3, -0.25) is 0 Å². The Balaban J connectivity index is 0.00000208. The van der Waals surface area contributed by atoms with Gasteiger partial charge in [-0.15, -0.1) is 24.0 Å². The van der Waals surface area contributed by atoms with E-state index in [2.05, 4.69) is 10.3 Å². The summed E-state index contributed by atoms with van der Waals surface area (Å²) >= 11 is 0. The number of ether oxygens (including phenoxy) is 2. The molecule has 0 amide bonds. The van der Waals surface area contributed by atoms with Gasteiger partial charge < -0.3 is 20.5 Å². The first-order valence-corrected chi connectivity index (χ1v) is 8.53. The number of aliphatic imine (C=N–C) groups is 1. The molecule has 0 spiro atoms. The number of guanidine groups is 1. The van der Waals surface area contributed by atoms with E-state index in [9.17, 15) is 0 Å². The molecule has 2 aliphatic carbocycles. The van der Waals surface area contributed by atoms with Gasteiger partial charge in [0, 0.05) is 11.8 Å². The summed E-state index contributed by atoms with van der Waals surface area (Å²) < 4.78 is 10.5. The lowest BCUT2D eigenvalue weighted by atomic mass is 9.85. The van der Waals surface area contributed by atoms with Crippen LogP contribution in [-0.4, -0.2) is 26.2 Å². The minimum absolute atomic E-state index is 0. The minimum Gasteiger partial charge on any atom is -0.493 e. The number of hydrogen-bond donors (Lipinski definition) is 2. The molecular weight excluding hydrogens is 417 g/mol. The summed E-state index contributed by atoms with van der Waals surface area (Å²) in [6.07, 6.45) is 8.12. The Morgan fingerprint density at radius 3 is 2.50 bits per heavy atom. The highest BCUT2D eigenvalue weighted by molar-refractivity contribution is 14.0. The van der Waals surface area contributed by atoms with Crippen LogP contribution >= 0.6 is 24.0 Å². The van der Waals surface area contributed by atoms with Crippen molar-refractivity contribution in [2.75, 3.05) is 19.5 Å². The Morgan fingerprint density at radius 2 is 1.83 bits per heavy atom. The van der Waals surface area contributed by atoms with E-state index in [1.165, 1.54) is 38.5 Å². The van der Waals surface area contributed by atoms with Crippen LogP contribution in [0.1, 0.15) is 38.5 Å². The molecule has 0 radical (unpaired) electrons. The van der Waals surface area contributed by atoms with Crippen molar-refractivity contribution in [3.8, 4) is 11.5 Å². The summed E-state index contributed by atoms with van der Waals surface area (Å²) in [5.74, 6) is 3.48. The molecule has 0 saturated heterocycles. The first-order chi connectivity index (χ1) is 11.2. The monoisotopic (exact) mass is 445 g/mol. The van der Waals surface area contributed by atoms with Crippen LogP contribution < -0.4 is 20.5 Å². The highest BCUT2D eigenvalue weighted by Crippen LogP contribution is 2.46. The number of nitrogens with two attached hydrogens (primary N) is 1. The summed E-state index contributed by atoms with van der Waals surface area (Å²) in [5.41, 5.74) is 6.93. The SMILES string of the molecule is COc1ccc(NC(N)=N[C@@H]2C[C@H]2C2CCCCC2)cc1OC.I. The van der Waals surface area contributed by atoms with Gasteiger partial charge in [0.15, 0.2) is 17.5 Å². The third-order valence-corrected chi connectivity index (χ3v) is 5.02. The van der Waals surface area contributed by atoms with E-state index in [-0.39, 0.29) is 24.0 Å². The van der Waals surface area contributed by atoms with Crippen LogP contribution in [0.15, 0.2) is 23.2 Å². The number of hydrogen-bond acceptors (Lipinski definition) is 3. The summed E-state index contributed by atoms with van der Waals surface area (Å²) in [6, 6.07) is 6.05. The van der Waals surface area contributed by atoms with Crippen molar-refractivity contribution in [3.63, 3.8) is 0 Å². The molecule has 0 heterocycles. The van der Waals surface area contributed by atoms with Gasteiger partial charge >= 0.3 is 0 Å². The van der Waals surface area contributed by atoms with Crippen molar-refractivity contribution in [2.45, 2.75) is 44.6 Å². The van der Waals surface area contributed by atoms with Crippen LogP contribution in [0.3, 0.4) is 0 Å². The molecule has 0 aromatic heterocycles. The van der Waals surface area contributed by atoms with Crippen LogP contribution in [0.2, 0.25) is 0 Å². The van der Waals surface area contributed by atoms with Gasteiger partial charge in [-0.25, -0.2) is 4.99 Å². The van der Waals surface area contributed by atoms with Crippen LogP contribution in [0, 0.1) is 11.8 Å². The van der Waals surface area contributed by atoms with E-state index < -0.39 is 0 Å². The van der Waals surface area contributed by atoms with Crippen LogP contribution in [0.4, 0.5) is 5.69 Å². The minimum atomic E-state index is 0. The molecule has 0 bridgehead atoms. The number of nitrogens with zero attached hydrogens (tertiary/aromatic N) is 1. The molecule has 0 aliphatic heterocycles. The van der Waals surface area contributed by atoms with Crippen LogP contribution in [0.5, 0.6) is 11.5 Å². The highest BCUT2D eigenvalue weighted by atomic mass is 127. The molecule has 3 rings (SSSR count). The zero-order valence-electron chi connectivity index (χ0n) is 14.5. The second-order valence-corrected chi connectivity index (χ2v) is 6.57. The Bertz CT molecular complexity index is 573. The predicted molar refractivity (Wildman–Crippen MR) is 109 cm³/mol. The van der Waals surface area contributed by atoms with Crippen LogP contribution in [-0.2, 0) is 0 Å². The third-order valence-electron chi connectivity index (χ3n) is 5.02. The third kappa shape index (κ3) is 4.68.